The van der Waals surface area contributed by atoms with Crippen molar-refractivity contribution < 1.29 is 5.11 Å². The van der Waals surface area contributed by atoms with Crippen molar-refractivity contribution in [1.29, 1.82) is 5.26 Å². The van der Waals surface area contributed by atoms with Gasteiger partial charge in [-0.2, -0.15) is 5.26 Å². The predicted molar refractivity (Wildman–Crippen MR) is 63.0 cm³/mol. The first-order chi connectivity index (χ1) is 7.56. The van der Waals surface area contributed by atoms with E-state index in [9.17, 15) is 5.11 Å². The Balaban J connectivity index is 2.78. The lowest BCUT2D eigenvalue weighted by molar-refractivity contribution is 0.194. The molecule has 1 N–H and O–H groups in total. The Morgan fingerprint density at radius 2 is 2.19 bits per heavy atom. The van der Waals surface area contributed by atoms with Crippen LogP contribution in [0.2, 0.25) is 0 Å². The molecule has 4 heteroatoms. The maximum absolute atomic E-state index is 9.33. The van der Waals surface area contributed by atoms with Gasteiger partial charge >= 0.3 is 0 Å². The van der Waals surface area contributed by atoms with Gasteiger partial charge in [0.2, 0.25) is 0 Å². The number of hydrogen-bond acceptors (Lipinski definition) is 4. The van der Waals surface area contributed by atoms with Gasteiger partial charge in [-0.15, -0.1) is 0 Å². The standard InChI is InChI=1S/C12H17N3O/c1-9(6-7-13)15(3)11-4-5-12(10(2)16)14-8-11/h4-5,8-10,16H,6H2,1-3H3/t9?,10-/m0/s1. The average Bonchev–Trinajstić information content (AvgIpc) is 2.28. The summed E-state index contributed by atoms with van der Waals surface area (Å²) >= 11 is 0. The summed E-state index contributed by atoms with van der Waals surface area (Å²) in [5, 5.41) is 18.0. The van der Waals surface area contributed by atoms with Crippen LogP contribution < -0.4 is 4.90 Å². The largest absolute Gasteiger partial charge is 0.387 e. The molecule has 1 heterocycles. The van der Waals surface area contributed by atoms with E-state index in [1.54, 1.807) is 19.2 Å². The van der Waals surface area contributed by atoms with Gasteiger partial charge in [0, 0.05) is 13.1 Å². The van der Waals surface area contributed by atoms with Crippen molar-refractivity contribution in [3.63, 3.8) is 0 Å². The summed E-state index contributed by atoms with van der Waals surface area (Å²) in [6, 6.07) is 6.01. The molecule has 16 heavy (non-hydrogen) atoms. The van der Waals surface area contributed by atoms with E-state index in [4.69, 9.17) is 5.26 Å². The highest BCUT2D eigenvalue weighted by molar-refractivity contribution is 5.44. The van der Waals surface area contributed by atoms with Crippen LogP contribution in [0.25, 0.3) is 0 Å². The molecule has 2 atom stereocenters. The minimum atomic E-state index is -0.545. The number of aromatic nitrogens is 1. The van der Waals surface area contributed by atoms with Crippen LogP contribution in [0.5, 0.6) is 0 Å². The van der Waals surface area contributed by atoms with E-state index < -0.39 is 6.10 Å². The molecular formula is C12H17N3O. The van der Waals surface area contributed by atoms with Crippen molar-refractivity contribution in [2.24, 2.45) is 0 Å². The molecule has 0 radical (unpaired) electrons. The molecule has 0 saturated carbocycles. The van der Waals surface area contributed by atoms with E-state index in [-0.39, 0.29) is 6.04 Å². The summed E-state index contributed by atoms with van der Waals surface area (Å²) in [5.74, 6) is 0. The lowest BCUT2D eigenvalue weighted by Crippen LogP contribution is -2.28. The Morgan fingerprint density at radius 3 is 2.62 bits per heavy atom. The predicted octanol–water partition coefficient (Wildman–Crippen LogP) is 1.87. The van der Waals surface area contributed by atoms with Gasteiger partial charge in [-0.05, 0) is 26.0 Å². The Labute approximate surface area is 96.2 Å². The first-order valence-electron chi connectivity index (χ1n) is 5.30. The van der Waals surface area contributed by atoms with Crippen LogP contribution in [0.4, 0.5) is 5.69 Å². The maximum Gasteiger partial charge on any atom is 0.0931 e. The Bertz CT molecular complexity index is 367. The van der Waals surface area contributed by atoms with Gasteiger partial charge in [-0.1, -0.05) is 0 Å². The van der Waals surface area contributed by atoms with Gasteiger partial charge in [0.25, 0.3) is 0 Å². The third-order valence-corrected chi connectivity index (χ3v) is 2.65. The molecule has 1 aromatic heterocycles. The molecule has 0 aliphatic carbocycles. The van der Waals surface area contributed by atoms with E-state index in [0.29, 0.717) is 12.1 Å². The maximum atomic E-state index is 9.33. The fraction of sp³-hybridized carbons (Fsp3) is 0.500. The van der Waals surface area contributed by atoms with E-state index in [2.05, 4.69) is 11.1 Å². The second kappa shape index (κ2) is 5.47. The topological polar surface area (TPSA) is 60.2 Å². The minimum absolute atomic E-state index is 0.157. The first-order valence-corrected chi connectivity index (χ1v) is 5.30. The SMILES string of the molecule is CC(CC#N)N(C)c1ccc([C@H](C)O)nc1. The van der Waals surface area contributed by atoms with Crippen LogP contribution in [-0.4, -0.2) is 23.2 Å². The van der Waals surface area contributed by atoms with Gasteiger partial charge < -0.3 is 10.0 Å². The Kier molecular flexibility index (Phi) is 4.27. The van der Waals surface area contributed by atoms with E-state index >= 15 is 0 Å². The van der Waals surface area contributed by atoms with Crippen molar-refractivity contribution in [1.82, 2.24) is 4.98 Å². The zero-order valence-corrected chi connectivity index (χ0v) is 9.88. The molecule has 1 unspecified atom stereocenters. The zero-order valence-electron chi connectivity index (χ0n) is 9.88. The van der Waals surface area contributed by atoms with E-state index in [0.717, 1.165) is 5.69 Å². The number of aliphatic hydroxyl groups is 1. The van der Waals surface area contributed by atoms with Crippen LogP contribution in [0, 0.1) is 11.3 Å². The molecule has 1 rings (SSSR count). The third-order valence-electron chi connectivity index (χ3n) is 2.65. The number of nitrogens with zero attached hydrogens (tertiary/aromatic N) is 3. The molecule has 0 fully saturated rings. The third kappa shape index (κ3) is 2.94. The normalized spacial score (nSPS) is 13.9. The summed E-state index contributed by atoms with van der Waals surface area (Å²) in [6.07, 6.45) is 1.65. The van der Waals surface area contributed by atoms with Gasteiger partial charge in [0.05, 0.1) is 36.2 Å². The molecule has 1 aromatic rings. The molecule has 86 valence electrons. The average molecular weight is 219 g/mol. The Hall–Kier alpha value is -1.60. The summed E-state index contributed by atoms with van der Waals surface area (Å²) in [4.78, 5) is 6.17. The van der Waals surface area contributed by atoms with Crippen LogP contribution in [0.3, 0.4) is 0 Å². The second-order valence-corrected chi connectivity index (χ2v) is 3.94. The van der Waals surface area contributed by atoms with Crippen molar-refractivity contribution in [3.8, 4) is 6.07 Å². The van der Waals surface area contributed by atoms with Gasteiger partial charge in [-0.3, -0.25) is 4.98 Å². The highest BCUT2D eigenvalue weighted by atomic mass is 16.3. The molecule has 0 bridgehead atoms. The number of rotatable bonds is 4. The van der Waals surface area contributed by atoms with Crippen LogP contribution >= 0.6 is 0 Å². The lowest BCUT2D eigenvalue weighted by Gasteiger charge is -2.24. The summed E-state index contributed by atoms with van der Waals surface area (Å²) in [6.45, 7) is 3.68. The molecule has 0 amide bonds. The Morgan fingerprint density at radius 1 is 1.50 bits per heavy atom. The number of aliphatic hydroxyl groups excluding tert-OH is 1. The van der Waals surface area contributed by atoms with E-state index in [1.807, 2.05) is 24.9 Å². The number of anilines is 1. The smallest absolute Gasteiger partial charge is 0.0931 e. The summed E-state index contributed by atoms with van der Waals surface area (Å²) in [5.41, 5.74) is 1.61. The first kappa shape index (κ1) is 12.5. The number of nitriles is 1. The molecule has 0 saturated heterocycles. The quantitative estimate of drug-likeness (QED) is 0.839. The second-order valence-electron chi connectivity index (χ2n) is 3.94. The van der Waals surface area contributed by atoms with Crippen molar-refractivity contribution in [2.75, 3.05) is 11.9 Å². The molecule has 0 aromatic carbocycles. The van der Waals surface area contributed by atoms with Gasteiger partial charge in [0.15, 0.2) is 0 Å². The molecule has 0 aliphatic heterocycles. The van der Waals surface area contributed by atoms with Crippen molar-refractivity contribution in [3.05, 3.63) is 24.0 Å². The molecule has 0 spiro atoms. The highest BCUT2D eigenvalue weighted by Gasteiger charge is 2.10. The monoisotopic (exact) mass is 219 g/mol. The van der Waals surface area contributed by atoms with Gasteiger partial charge in [0.1, 0.15) is 0 Å². The molecule has 4 nitrogen and oxygen atoms in total. The number of pyridine rings is 1. The highest BCUT2D eigenvalue weighted by Crippen LogP contribution is 2.17. The summed E-state index contributed by atoms with van der Waals surface area (Å²) in [7, 11) is 1.93. The van der Waals surface area contributed by atoms with E-state index in [1.165, 1.54) is 0 Å². The van der Waals surface area contributed by atoms with Crippen LogP contribution in [-0.2, 0) is 0 Å². The van der Waals surface area contributed by atoms with Crippen LogP contribution in [0.15, 0.2) is 18.3 Å². The summed E-state index contributed by atoms with van der Waals surface area (Å²) < 4.78 is 0. The fourth-order valence-electron chi connectivity index (χ4n) is 1.38. The lowest BCUT2D eigenvalue weighted by atomic mass is 10.2. The van der Waals surface area contributed by atoms with Gasteiger partial charge in [-0.25, -0.2) is 0 Å². The zero-order chi connectivity index (χ0) is 12.1. The van der Waals surface area contributed by atoms with Crippen molar-refractivity contribution >= 4 is 5.69 Å². The van der Waals surface area contributed by atoms with Crippen LogP contribution in [0.1, 0.15) is 32.1 Å². The fourth-order valence-corrected chi connectivity index (χ4v) is 1.38. The molecular weight excluding hydrogens is 202 g/mol. The number of hydrogen-bond donors (Lipinski definition) is 1. The molecule has 0 aliphatic rings. The minimum Gasteiger partial charge on any atom is -0.387 e. The van der Waals surface area contributed by atoms with Crippen molar-refractivity contribution in [2.45, 2.75) is 32.4 Å².